The molecule has 5 rings (SSSR count). The molecule has 0 unspecified atom stereocenters. The first-order valence-electron chi connectivity index (χ1n) is 13.9. The van der Waals surface area contributed by atoms with Gasteiger partial charge in [-0.25, -0.2) is 13.4 Å². The van der Waals surface area contributed by atoms with Crippen LogP contribution in [-0.2, 0) is 24.4 Å². The summed E-state index contributed by atoms with van der Waals surface area (Å²) in [6.07, 6.45) is 3.93. The van der Waals surface area contributed by atoms with Gasteiger partial charge >= 0.3 is 0 Å². The van der Waals surface area contributed by atoms with Gasteiger partial charge in [0.2, 0.25) is 21.8 Å². The Balaban J connectivity index is 1.30. The van der Waals surface area contributed by atoms with Crippen molar-refractivity contribution in [2.45, 2.75) is 75.7 Å². The first-order valence-corrected chi connectivity index (χ1v) is 16.4. The van der Waals surface area contributed by atoms with Gasteiger partial charge in [-0.3, -0.25) is 19.1 Å². The number of aromatic nitrogens is 1. The summed E-state index contributed by atoms with van der Waals surface area (Å²) >= 11 is 1.41. The molecule has 3 N–H and O–H groups in total. The summed E-state index contributed by atoms with van der Waals surface area (Å²) in [6.45, 7) is 10.0. The molecule has 1 aliphatic heterocycles. The van der Waals surface area contributed by atoms with Crippen LogP contribution in [0.15, 0.2) is 48.4 Å². The first kappa shape index (κ1) is 29.2. The Morgan fingerprint density at radius 2 is 1.88 bits per heavy atom. The summed E-state index contributed by atoms with van der Waals surface area (Å²) in [4.78, 5) is 46.9. The molecule has 4 atom stereocenters. The van der Waals surface area contributed by atoms with Crippen LogP contribution in [0.5, 0.6) is 0 Å². The lowest BCUT2D eigenvalue weighted by molar-refractivity contribution is -0.141. The lowest BCUT2D eigenvalue weighted by Gasteiger charge is -2.35. The van der Waals surface area contributed by atoms with Crippen molar-refractivity contribution in [2.24, 2.45) is 11.3 Å². The van der Waals surface area contributed by atoms with Gasteiger partial charge in [0.25, 0.3) is 5.91 Å². The molecular weight excluding hydrogens is 562 g/mol. The van der Waals surface area contributed by atoms with Crippen LogP contribution in [0.25, 0.3) is 11.3 Å². The van der Waals surface area contributed by atoms with Crippen LogP contribution in [-0.4, -0.2) is 65.4 Å². The molecule has 1 aromatic carbocycles. The van der Waals surface area contributed by atoms with E-state index in [1.54, 1.807) is 11.0 Å². The minimum Gasteiger partial charge on any atom is -0.349 e. The summed E-state index contributed by atoms with van der Waals surface area (Å²) in [6, 6.07) is 8.35. The van der Waals surface area contributed by atoms with Crippen molar-refractivity contribution in [3.63, 3.8) is 0 Å². The fraction of sp³-hybridized carbons (Fsp3) is 0.517. The predicted molar refractivity (Wildman–Crippen MR) is 158 cm³/mol. The number of likely N-dealkylation sites (tertiary alicyclic amines) is 1. The summed E-state index contributed by atoms with van der Waals surface area (Å²) in [5, 5.41) is 8.12. The SMILES string of the molecule is C=C[C@@H]1C[C@]1(NC(=O)[C@@H]1CCCN1C(=O)[C@@H](Nc1nc(-c2ccccc2)cs1)C(C)(C)C)C(=O)NS(=O)(=O)C1CC1. The zero-order chi connectivity index (χ0) is 29.6. The van der Waals surface area contributed by atoms with E-state index in [1.807, 2.05) is 56.5 Å². The number of carbonyl (C=O) groups excluding carboxylic acids is 3. The predicted octanol–water partition coefficient (Wildman–Crippen LogP) is 3.30. The third-order valence-electron chi connectivity index (χ3n) is 8.04. The largest absolute Gasteiger partial charge is 0.349 e. The lowest BCUT2D eigenvalue weighted by Crippen LogP contribution is -2.58. The van der Waals surface area contributed by atoms with Crippen LogP contribution >= 0.6 is 11.3 Å². The van der Waals surface area contributed by atoms with E-state index in [9.17, 15) is 22.8 Å². The molecule has 12 heteroatoms. The Kier molecular flexibility index (Phi) is 7.75. The standard InChI is InChI=1S/C29H37N5O5S2/c1-5-19-16-29(19,26(37)33-41(38,39)20-13-14-20)32-24(35)22-12-9-15-34(22)25(36)23(28(2,3)4)31-27-30-21(17-40-27)18-10-7-6-8-11-18/h5-8,10-11,17,19-20,22-23H,1,9,12-16H2,2-4H3,(H,30,31)(H,32,35)(H,33,37)/t19-,22+,23-,29-/m1/s1. The second-order valence-corrected chi connectivity index (χ2v) is 15.0. The molecule has 2 saturated carbocycles. The summed E-state index contributed by atoms with van der Waals surface area (Å²) in [7, 11) is -3.78. The van der Waals surface area contributed by atoms with Gasteiger partial charge < -0.3 is 15.5 Å². The third-order valence-corrected chi connectivity index (χ3v) is 10.6. The summed E-state index contributed by atoms with van der Waals surface area (Å²) < 4.78 is 27.0. The van der Waals surface area contributed by atoms with Gasteiger partial charge in [0, 0.05) is 23.4 Å². The van der Waals surface area contributed by atoms with Crippen LogP contribution in [0.3, 0.4) is 0 Å². The Morgan fingerprint density at radius 1 is 1.17 bits per heavy atom. The highest BCUT2D eigenvalue weighted by molar-refractivity contribution is 7.91. The fourth-order valence-corrected chi connectivity index (χ4v) is 7.45. The molecule has 3 aliphatic rings. The van der Waals surface area contributed by atoms with Crippen molar-refractivity contribution in [1.29, 1.82) is 0 Å². The Bertz CT molecular complexity index is 1450. The van der Waals surface area contributed by atoms with Crippen molar-refractivity contribution >= 4 is 44.2 Å². The average molecular weight is 600 g/mol. The van der Waals surface area contributed by atoms with E-state index in [1.165, 1.54) is 11.3 Å². The van der Waals surface area contributed by atoms with Crippen molar-refractivity contribution in [2.75, 3.05) is 11.9 Å². The number of carbonyl (C=O) groups is 3. The highest BCUT2D eigenvalue weighted by Gasteiger charge is 2.61. The maximum absolute atomic E-state index is 14.0. The van der Waals surface area contributed by atoms with Gasteiger partial charge in [0.1, 0.15) is 17.6 Å². The number of rotatable bonds is 10. The van der Waals surface area contributed by atoms with E-state index >= 15 is 0 Å². The number of hydrogen-bond acceptors (Lipinski definition) is 8. The zero-order valence-corrected chi connectivity index (χ0v) is 25.2. The smallest absolute Gasteiger partial charge is 0.259 e. The highest BCUT2D eigenvalue weighted by Crippen LogP contribution is 2.45. The molecule has 1 saturated heterocycles. The van der Waals surface area contributed by atoms with Gasteiger partial charge in [-0.05, 0) is 37.5 Å². The van der Waals surface area contributed by atoms with Gasteiger partial charge in [-0.2, -0.15) is 0 Å². The number of sulfonamides is 1. The van der Waals surface area contributed by atoms with Crippen LogP contribution < -0.4 is 15.4 Å². The molecule has 3 fully saturated rings. The van der Waals surface area contributed by atoms with Crippen molar-refractivity contribution in [3.05, 3.63) is 48.4 Å². The van der Waals surface area contributed by atoms with Gasteiger partial charge in [0.05, 0.1) is 10.9 Å². The van der Waals surface area contributed by atoms with Crippen molar-refractivity contribution in [1.82, 2.24) is 19.9 Å². The number of nitrogens with one attached hydrogen (secondary N) is 3. The molecule has 220 valence electrons. The summed E-state index contributed by atoms with van der Waals surface area (Å²) in [5.41, 5.74) is -0.0890. The van der Waals surface area contributed by atoms with Crippen molar-refractivity contribution in [3.8, 4) is 11.3 Å². The monoisotopic (exact) mass is 599 g/mol. The summed E-state index contributed by atoms with van der Waals surface area (Å²) in [5.74, 6) is -1.82. The van der Waals surface area contributed by atoms with Crippen LogP contribution in [0.1, 0.15) is 52.9 Å². The molecule has 0 bridgehead atoms. The van der Waals surface area contributed by atoms with E-state index in [0.717, 1.165) is 11.3 Å². The van der Waals surface area contributed by atoms with Crippen LogP contribution in [0.4, 0.5) is 5.13 Å². The lowest BCUT2D eigenvalue weighted by atomic mass is 9.85. The fourth-order valence-electron chi connectivity index (χ4n) is 5.34. The third kappa shape index (κ3) is 6.04. The van der Waals surface area contributed by atoms with E-state index in [2.05, 4.69) is 21.9 Å². The number of nitrogens with zero attached hydrogens (tertiary/aromatic N) is 2. The quantitative estimate of drug-likeness (QED) is 0.357. The van der Waals surface area contributed by atoms with E-state index in [4.69, 9.17) is 4.98 Å². The molecule has 2 heterocycles. The molecule has 2 aromatic rings. The van der Waals surface area contributed by atoms with Gasteiger partial charge in [-0.1, -0.05) is 57.2 Å². The van der Waals surface area contributed by atoms with E-state index in [0.29, 0.717) is 37.4 Å². The van der Waals surface area contributed by atoms with Gasteiger partial charge in [0.15, 0.2) is 5.13 Å². The van der Waals surface area contributed by atoms with Crippen LogP contribution in [0.2, 0.25) is 0 Å². The zero-order valence-electron chi connectivity index (χ0n) is 23.6. The Hall–Kier alpha value is -3.25. The second-order valence-electron chi connectivity index (χ2n) is 12.2. The molecule has 0 spiro atoms. The van der Waals surface area contributed by atoms with E-state index < -0.39 is 50.1 Å². The van der Waals surface area contributed by atoms with Gasteiger partial charge in [-0.15, -0.1) is 17.9 Å². The minimum absolute atomic E-state index is 0.225. The maximum atomic E-state index is 14.0. The average Bonchev–Trinajstić information content (AvgIpc) is 3.79. The maximum Gasteiger partial charge on any atom is 0.259 e. The Labute approximate surface area is 245 Å². The molecular formula is C29H37N5O5S2. The molecule has 41 heavy (non-hydrogen) atoms. The Morgan fingerprint density at radius 3 is 2.49 bits per heavy atom. The first-order chi connectivity index (χ1) is 19.4. The topological polar surface area (TPSA) is 138 Å². The number of hydrogen-bond donors (Lipinski definition) is 3. The minimum atomic E-state index is -3.78. The highest BCUT2D eigenvalue weighted by atomic mass is 32.2. The molecule has 10 nitrogen and oxygen atoms in total. The molecule has 1 aromatic heterocycles. The normalized spacial score (nSPS) is 24.8. The molecule has 2 aliphatic carbocycles. The molecule has 3 amide bonds. The van der Waals surface area contributed by atoms with E-state index in [-0.39, 0.29) is 18.2 Å². The number of anilines is 1. The number of thiazole rings is 1. The van der Waals surface area contributed by atoms with Crippen LogP contribution in [0, 0.1) is 11.3 Å². The second kappa shape index (κ2) is 10.9. The van der Waals surface area contributed by atoms with Crippen molar-refractivity contribution < 1.29 is 22.8 Å². The number of benzene rings is 1. The molecule has 0 radical (unpaired) electrons. The number of amides is 3.